The highest BCUT2D eigenvalue weighted by atomic mass is 32.1. The number of hydrogen-bond donors (Lipinski definition) is 3. The van der Waals surface area contributed by atoms with Crippen LogP contribution in [0.4, 0.5) is 0 Å². The Morgan fingerprint density at radius 3 is 2.45 bits per heavy atom. The Labute approximate surface area is 174 Å². The fraction of sp³-hybridized carbons (Fsp3) is 0.0435. The van der Waals surface area contributed by atoms with Crippen molar-refractivity contribution >= 4 is 34.4 Å². The van der Waals surface area contributed by atoms with Crippen molar-refractivity contribution in [2.24, 2.45) is 10.8 Å². The Bertz CT molecular complexity index is 1180. The molecule has 4 aromatic rings. The molecule has 0 amide bonds. The number of H-pyrrole nitrogens is 1. The van der Waals surface area contributed by atoms with Crippen molar-refractivity contribution in [2.75, 3.05) is 7.11 Å². The molecule has 0 radical (unpaired) electrons. The Morgan fingerprint density at radius 2 is 1.76 bits per heavy atom. The standard InChI is InChI=1S/C23H20N4OS/c1-28-17-12-10-15(11-13-17)18-8-5-9-20-21(18)19(14-25-27-23(24)29)22(26-20)16-6-3-2-4-7-16/h2-14,26H,1H3,(H3,24,27,29)/b25-14+. The predicted molar refractivity (Wildman–Crippen MR) is 123 cm³/mol. The summed E-state index contributed by atoms with van der Waals surface area (Å²) in [5, 5.41) is 5.43. The van der Waals surface area contributed by atoms with Crippen LogP contribution in [0.15, 0.2) is 77.9 Å². The molecule has 0 fully saturated rings. The van der Waals surface area contributed by atoms with Gasteiger partial charge in [0, 0.05) is 16.5 Å². The lowest BCUT2D eigenvalue weighted by Gasteiger charge is -2.07. The Hall–Kier alpha value is -3.64. The minimum absolute atomic E-state index is 0.123. The Balaban J connectivity index is 1.94. The topological polar surface area (TPSA) is 75.4 Å². The van der Waals surface area contributed by atoms with Crippen molar-refractivity contribution in [3.63, 3.8) is 0 Å². The molecule has 29 heavy (non-hydrogen) atoms. The number of hydrazone groups is 1. The van der Waals surface area contributed by atoms with Gasteiger partial charge < -0.3 is 15.5 Å². The first-order valence-corrected chi connectivity index (χ1v) is 9.51. The van der Waals surface area contributed by atoms with Crippen molar-refractivity contribution in [1.82, 2.24) is 10.4 Å². The monoisotopic (exact) mass is 400 g/mol. The summed E-state index contributed by atoms with van der Waals surface area (Å²) in [6, 6.07) is 24.4. The molecule has 0 unspecified atom stereocenters. The van der Waals surface area contributed by atoms with Crippen LogP contribution in [0.1, 0.15) is 5.56 Å². The molecule has 4 rings (SSSR count). The highest BCUT2D eigenvalue weighted by molar-refractivity contribution is 7.80. The number of ether oxygens (including phenoxy) is 1. The van der Waals surface area contributed by atoms with Crippen LogP contribution in [0.3, 0.4) is 0 Å². The molecule has 0 aliphatic rings. The second-order valence-electron chi connectivity index (χ2n) is 6.47. The van der Waals surface area contributed by atoms with Gasteiger partial charge in [-0.3, -0.25) is 5.43 Å². The van der Waals surface area contributed by atoms with Crippen LogP contribution in [-0.2, 0) is 0 Å². The number of rotatable bonds is 5. The normalized spacial score (nSPS) is 11.1. The molecule has 3 aromatic carbocycles. The minimum Gasteiger partial charge on any atom is -0.497 e. The summed E-state index contributed by atoms with van der Waals surface area (Å²) in [6.45, 7) is 0. The second kappa shape index (κ2) is 8.16. The fourth-order valence-corrected chi connectivity index (χ4v) is 3.46. The molecule has 0 saturated carbocycles. The van der Waals surface area contributed by atoms with E-state index >= 15 is 0 Å². The van der Waals surface area contributed by atoms with E-state index in [1.165, 1.54) is 0 Å². The molecule has 0 saturated heterocycles. The van der Waals surface area contributed by atoms with Gasteiger partial charge in [0.25, 0.3) is 0 Å². The lowest BCUT2D eigenvalue weighted by atomic mass is 9.97. The predicted octanol–water partition coefficient (Wildman–Crippen LogP) is 4.68. The minimum atomic E-state index is 0.123. The summed E-state index contributed by atoms with van der Waals surface area (Å²) in [6.07, 6.45) is 1.76. The summed E-state index contributed by atoms with van der Waals surface area (Å²) in [5.74, 6) is 0.822. The summed E-state index contributed by atoms with van der Waals surface area (Å²) in [5.41, 5.74) is 14.4. The third kappa shape index (κ3) is 3.83. The third-order valence-electron chi connectivity index (χ3n) is 4.69. The number of aromatic nitrogens is 1. The largest absolute Gasteiger partial charge is 0.497 e. The first-order chi connectivity index (χ1) is 14.2. The van der Waals surface area contributed by atoms with Gasteiger partial charge in [-0.1, -0.05) is 54.6 Å². The highest BCUT2D eigenvalue weighted by Crippen LogP contribution is 2.36. The maximum atomic E-state index is 5.53. The number of methoxy groups -OCH3 is 1. The smallest absolute Gasteiger partial charge is 0.184 e. The number of benzene rings is 3. The number of thiocarbonyl (C=S) groups is 1. The van der Waals surface area contributed by atoms with Gasteiger partial charge in [-0.15, -0.1) is 0 Å². The van der Waals surface area contributed by atoms with Crippen LogP contribution in [0.25, 0.3) is 33.3 Å². The van der Waals surface area contributed by atoms with Gasteiger partial charge in [0.05, 0.1) is 19.0 Å². The van der Waals surface area contributed by atoms with E-state index in [2.05, 4.69) is 51.9 Å². The summed E-state index contributed by atoms with van der Waals surface area (Å²) >= 11 is 4.87. The van der Waals surface area contributed by atoms with Crippen LogP contribution < -0.4 is 15.9 Å². The molecule has 0 spiro atoms. The van der Waals surface area contributed by atoms with E-state index in [-0.39, 0.29) is 5.11 Å². The number of hydrogen-bond acceptors (Lipinski definition) is 3. The van der Waals surface area contributed by atoms with E-state index in [1.54, 1.807) is 13.3 Å². The van der Waals surface area contributed by atoms with E-state index in [0.29, 0.717) is 0 Å². The van der Waals surface area contributed by atoms with Crippen molar-refractivity contribution in [3.05, 3.63) is 78.4 Å². The fourth-order valence-electron chi connectivity index (χ4n) is 3.41. The zero-order valence-electron chi connectivity index (χ0n) is 15.8. The summed E-state index contributed by atoms with van der Waals surface area (Å²) < 4.78 is 5.29. The number of nitrogens with zero attached hydrogens (tertiary/aromatic N) is 1. The van der Waals surface area contributed by atoms with E-state index in [4.69, 9.17) is 22.7 Å². The van der Waals surface area contributed by atoms with E-state index < -0.39 is 0 Å². The van der Waals surface area contributed by atoms with Crippen LogP contribution in [0.5, 0.6) is 5.75 Å². The Morgan fingerprint density at radius 1 is 1.00 bits per heavy atom. The lowest BCUT2D eigenvalue weighted by molar-refractivity contribution is 0.415. The highest BCUT2D eigenvalue weighted by Gasteiger charge is 2.16. The van der Waals surface area contributed by atoms with Crippen LogP contribution in [-0.4, -0.2) is 23.4 Å². The van der Waals surface area contributed by atoms with E-state index in [1.807, 2.05) is 36.4 Å². The quantitative estimate of drug-likeness (QED) is 0.258. The molecule has 5 nitrogen and oxygen atoms in total. The van der Waals surface area contributed by atoms with Crippen LogP contribution in [0, 0.1) is 0 Å². The molecule has 0 atom stereocenters. The van der Waals surface area contributed by atoms with Crippen molar-refractivity contribution < 1.29 is 4.74 Å². The zero-order valence-corrected chi connectivity index (χ0v) is 16.7. The maximum Gasteiger partial charge on any atom is 0.184 e. The van der Waals surface area contributed by atoms with Gasteiger partial charge in [0.1, 0.15) is 5.75 Å². The molecular formula is C23H20N4OS. The first kappa shape index (κ1) is 18.7. The molecule has 0 aliphatic heterocycles. The number of nitrogens with two attached hydrogens (primary N) is 1. The number of fused-ring (bicyclic) bond motifs is 1. The van der Waals surface area contributed by atoms with Crippen molar-refractivity contribution in [3.8, 4) is 28.1 Å². The van der Waals surface area contributed by atoms with E-state index in [0.717, 1.165) is 44.6 Å². The molecule has 0 aliphatic carbocycles. The number of nitrogens with one attached hydrogen (secondary N) is 2. The zero-order chi connectivity index (χ0) is 20.2. The Kier molecular flexibility index (Phi) is 5.27. The van der Waals surface area contributed by atoms with Crippen molar-refractivity contribution in [1.29, 1.82) is 0 Å². The van der Waals surface area contributed by atoms with Crippen molar-refractivity contribution in [2.45, 2.75) is 0 Å². The number of aromatic amines is 1. The first-order valence-electron chi connectivity index (χ1n) is 9.10. The lowest BCUT2D eigenvalue weighted by Crippen LogP contribution is -2.24. The average molecular weight is 401 g/mol. The maximum absolute atomic E-state index is 5.53. The summed E-state index contributed by atoms with van der Waals surface area (Å²) in [4.78, 5) is 3.54. The van der Waals surface area contributed by atoms with Crippen LogP contribution in [0.2, 0.25) is 0 Å². The van der Waals surface area contributed by atoms with Gasteiger partial charge in [-0.2, -0.15) is 5.10 Å². The van der Waals surface area contributed by atoms with Gasteiger partial charge in [0.2, 0.25) is 0 Å². The van der Waals surface area contributed by atoms with Gasteiger partial charge in [-0.25, -0.2) is 0 Å². The molecule has 6 heteroatoms. The van der Waals surface area contributed by atoms with Gasteiger partial charge in [-0.05, 0) is 47.1 Å². The second-order valence-corrected chi connectivity index (χ2v) is 6.91. The average Bonchev–Trinajstić information content (AvgIpc) is 3.13. The third-order valence-corrected chi connectivity index (χ3v) is 4.79. The van der Waals surface area contributed by atoms with Gasteiger partial charge in [0.15, 0.2) is 5.11 Å². The molecule has 1 heterocycles. The molecule has 4 N–H and O–H groups in total. The molecule has 144 valence electrons. The molecule has 0 bridgehead atoms. The van der Waals surface area contributed by atoms with E-state index in [9.17, 15) is 0 Å². The SMILES string of the molecule is COc1ccc(-c2cccc3[nH]c(-c4ccccc4)c(/C=N/NC(N)=S)c23)cc1. The molecule has 1 aromatic heterocycles. The molecular weight excluding hydrogens is 380 g/mol. The summed E-state index contributed by atoms with van der Waals surface area (Å²) in [7, 11) is 1.66. The van der Waals surface area contributed by atoms with Gasteiger partial charge >= 0.3 is 0 Å². The van der Waals surface area contributed by atoms with Crippen LogP contribution >= 0.6 is 12.2 Å².